The first-order valence-corrected chi connectivity index (χ1v) is 8.11. The van der Waals surface area contributed by atoms with Crippen LogP contribution in [0.4, 0.5) is 4.79 Å². The molecule has 124 valence electrons. The maximum absolute atomic E-state index is 12.2. The van der Waals surface area contributed by atoms with E-state index in [0.29, 0.717) is 48.4 Å². The molecule has 0 bridgehead atoms. The minimum absolute atomic E-state index is 0.135. The number of nitrogens with zero attached hydrogens (tertiary/aromatic N) is 2. The van der Waals surface area contributed by atoms with Crippen LogP contribution in [0.15, 0.2) is 24.3 Å². The molecule has 0 aliphatic carbocycles. The van der Waals surface area contributed by atoms with Crippen molar-refractivity contribution in [3.05, 3.63) is 39.9 Å². The molecule has 1 aliphatic heterocycles. The van der Waals surface area contributed by atoms with Crippen molar-refractivity contribution in [3.63, 3.8) is 0 Å². The summed E-state index contributed by atoms with van der Waals surface area (Å²) in [6, 6.07) is 5.18. The Kier molecular flexibility index (Phi) is 6.30. The highest BCUT2D eigenvalue weighted by atomic mass is 35.5. The standard InChI is InChI=1S/C16H18Cl2N2O3/c1-2-23-16(22)20-10-8-19(9-11-20)15(21)7-6-12-13(17)4-3-5-14(12)18/h3-7H,2,8-11H2,1H3. The molecule has 2 rings (SSSR count). The lowest BCUT2D eigenvalue weighted by atomic mass is 10.2. The van der Waals surface area contributed by atoms with Gasteiger partial charge in [0.2, 0.25) is 5.91 Å². The lowest BCUT2D eigenvalue weighted by Crippen LogP contribution is -2.50. The zero-order chi connectivity index (χ0) is 16.8. The molecule has 1 aliphatic rings. The van der Waals surface area contributed by atoms with Crippen molar-refractivity contribution in [2.24, 2.45) is 0 Å². The molecule has 0 atom stereocenters. The van der Waals surface area contributed by atoms with Gasteiger partial charge in [0, 0.05) is 47.9 Å². The summed E-state index contributed by atoms with van der Waals surface area (Å²) in [6.45, 7) is 3.98. The fourth-order valence-electron chi connectivity index (χ4n) is 2.25. The van der Waals surface area contributed by atoms with Gasteiger partial charge in [-0.1, -0.05) is 29.3 Å². The maximum atomic E-state index is 12.2. The number of hydrogen-bond acceptors (Lipinski definition) is 3. The zero-order valence-electron chi connectivity index (χ0n) is 12.8. The normalized spacial score (nSPS) is 15.1. The Morgan fingerprint density at radius 1 is 1.13 bits per heavy atom. The van der Waals surface area contributed by atoms with Crippen LogP contribution in [0.1, 0.15) is 12.5 Å². The lowest BCUT2D eigenvalue weighted by Gasteiger charge is -2.33. The molecule has 1 fully saturated rings. The molecule has 0 saturated carbocycles. The van der Waals surface area contributed by atoms with Gasteiger partial charge in [-0.2, -0.15) is 0 Å². The number of benzene rings is 1. The Bertz CT molecular complexity index is 591. The van der Waals surface area contributed by atoms with Crippen LogP contribution in [-0.4, -0.2) is 54.6 Å². The molecule has 1 heterocycles. The SMILES string of the molecule is CCOC(=O)N1CCN(C(=O)C=Cc2c(Cl)cccc2Cl)CC1. The first-order valence-electron chi connectivity index (χ1n) is 7.35. The van der Waals surface area contributed by atoms with E-state index < -0.39 is 0 Å². The number of amides is 2. The van der Waals surface area contributed by atoms with Gasteiger partial charge in [0.25, 0.3) is 0 Å². The van der Waals surface area contributed by atoms with Crippen molar-refractivity contribution in [2.75, 3.05) is 32.8 Å². The summed E-state index contributed by atoms with van der Waals surface area (Å²) in [6.07, 6.45) is 2.73. The van der Waals surface area contributed by atoms with Gasteiger partial charge in [0.1, 0.15) is 0 Å². The highest BCUT2D eigenvalue weighted by Crippen LogP contribution is 2.25. The number of piperazine rings is 1. The molecular formula is C16H18Cl2N2O3. The van der Waals surface area contributed by atoms with E-state index in [2.05, 4.69) is 0 Å². The van der Waals surface area contributed by atoms with Crippen molar-refractivity contribution in [1.82, 2.24) is 9.80 Å². The van der Waals surface area contributed by atoms with Crippen LogP contribution in [0.5, 0.6) is 0 Å². The summed E-state index contributed by atoms with van der Waals surface area (Å²) in [7, 11) is 0. The molecule has 0 N–H and O–H groups in total. The van der Waals surface area contributed by atoms with E-state index in [9.17, 15) is 9.59 Å². The summed E-state index contributed by atoms with van der Waals surface area (Å²) in [5.74, 6) is -0.135. The number of ether oxygens (including phenoxy) is 1. The van der Waals surface area contributed by atoms with Crippen molar-refractivity contribution < 1.29 is 14.3 Å². The smallest absolute Gasteiger partial charge is 0.409 e. The summed E-state index contributed by atoms with van der Waals surface area (Å²) < 4.78 is 4.95. The van der Waals surface area contributed by atoms with Crippen LogP contribution in [0, 0.1) is 0 Å². The predicted molar refractivity (Wildman–Crippen MR) is 90.7 cm³/mol. The van der Waals surface area contributed by atoms with E-state index in [4.69, 9.17) is 27.9 Å². The van der Waals surface area contributed by atoms with Crippen LogP contribution in [0.2, 0.25) is 10.0 Å². The largest absolute Gasteiger partial charge is 0.450 e. The molecule has 0 unspecified atom stereocenters. The number of hydrogen-bond donors (Lipinski definition) is 0. The van der Waals surface area contributed by atoms with Gasteiger partial charge in [0.05, 0.1) is 6.61 Å². The number of rotatable bonds is 3. The van der Waals surface area contributed by atoms with Crippen molar-refractivity contribution in [1.29, 1.82) is 0 Å². The molecular weight excluding hydrogens is 339 g/mol. The fraction of sp³-hybridized carbons (Fsp3) is 0.375. The summed E-state index contributed by atoms with van der Waals surface area (Å²) in [5.41, 5.74) is 0.620. The van der Waals surface area contributed by atoms with Crippen LogP contribution < -0.4 is 0 Å². The lowest BCUT2D eigenvalue weighted by molar-refractivity contribution is -0.127. The number of halogens is 2. The van der Waals surface area contributed by atoms with E-state index in [-0.39, 0.29) is 12.0 Å². The fourth-order valence-corrected chi connectivity index (χ4v) is 2.78. The Hall–Kier alpha value is -1.72. The average Bonchev–Trinajstić information content (AvgIpc) is 2.54. The third kappa shape index (κ3) is 4.62. The van der Waals surface area contributed by atoms with E-state index in [1.165, 1.54) is 6.08 Å². The minimum Gasteiger partial charge on any atom is -0.450 e. The van der Waals surface area contributed by atoms with E-state index in [1.807, 2.05) is 0 Å². The molecule has 5 nitrogen and oxygen atoms in total. The van der Waals surface area contributed by atoms with Crippen molar-refractivity contribution in [2.45, 2.75) is 6.92 Å². The van der Waals surface area contributed by atoms with Crippen LogP contribution in [0.25, 0.3) is 6.08 Å². The van der Waals surface area contributed by atoms with Gasteiger partial charge in [-0.05, 0) is 25.1 Å². The third-order valence-corrected chi connectivity index (χ3v) is 4.17. The molecule has 23 heavy (non-hydrogen) atoms. The molecule has 0 spiro atoms. The van der Waals surface area contributed by atoms with Crippen LogP contribution >= 0.6 is 23.2 Å². The third-order valence-electron chi connectivity index (χ3n) is 3.51. The van der Waals surface area contributed by atoms with Gasteiger partial charge in [-0.3, -0.25) is 4.79 Å². The van der Waals surface area contributed by atoms with Crippen LogP contribution in [0.3, 0.4) is 0 Å². The van der Waals surface area contributed by atoms with Crippen molar-refractivity contribution in [3.8, 4) is 0 Å². The topological polar surface area (TPSA) is 49.9 Å². The second kappa shape index (κ2) is 8.22. The van der Waals surface area contributed by atoms with Gasteiger partial charge < -0.3 is 14.5 Å². The number of carbonyl (C=O) groups is 2. The van der Waals surface area contributed by atoms with E-state index in [0.717, 1.165) is 0 Å². The van der Waals surface area contributed by atoms with Gasteiger partial charge in [0.15, 0.2) is 0 Å². The van der Waals surface area contributed by atoms with Gasteiger partial charge >= 0.3 is 6.09 Å². The molecule has 7 heteroatoms. The first-order chi connectivity index (χ1) is 11.0. The predicted octanol–water partition coefficient (Wildman–Crippen LogP) is 3.31. The van der Waals surface area contributed by atoms with E-state index in [1.54, 1.807) is 41.0 Å². The summed E-state index contributed by atoms with van der Waals surface area (Å²) in [4.78, 5) is 27.1. The molecule has 1 aromatic carbocycles. The zero-order valence-corrected chi connectivity index (χ0v) is 14.3. The molecule has 1 saturated heterocycles. The van der Waals surface area contributed by atoms with Crippen LogP contribution in [-0.2, 0) is 9.53 Å². The Morgan fingerprint density at radius 3 is 2.26 bits per heavy atom. The Morgan fingerprint density at radius 2 is 1.70 bits per heavy atom. The monoisotopic (exact) mass is 356 g/mol. The highest BCUT2D eigenvalue weighted by molar-refractivity contribution is 6.37. The molecule has 1 aromatic rings. The molecule has 0 radical (unpaired) electrons. The summed E-state index contributed by atoms with van der Waals surface area (Å²) in [5, 5.41) is 0.988. The molecule has 0 aromatic heterocycles. The Labute approximate surface area is 145 Å². The Balaban J connectivity index is 1.93. The van der Waals surface area contributed by atoms with Gasteiger partial charge in [-0.25, -0.2) is 4.79 Å². The second-order valence-electron chi connectivity index (χ2n) is 4.98. The minimum atomic E-state index is -0.335. The van der Waals surface area contributed by atoms with E-state index >= 15 is 0 Å². The quantitative estimate of drug-likeness (QED) is 0.780. The second-order valence-corrected chi connectivity index (χ2v) is 5.79. The average molecular weight is 357 g/mol. The summed E-state index contributed by atoms with van der Waals surface area (Å²) >= 11 is 12.1. The highest BCUT2D eigenvalue weighted by Gasteiger charge is 2.23. The molecule has 2 amide bonds. The number of carbonyl (C=O) groups excluding carboxylic acids is 2. The first kappa shape index (κ1) is 17.6. The van der Waals surface area contributed by atoms with Gasteiger partial charge in [-0.15, -0.1) is 0 Å². The maximum Gasteiger partial charge on any atom is 0.409 e. The van der Waals surface area contributed by atoms with Crippen molar-refractivity contribution >= 4 is 41.3 Å².